The van der Waals surface area contributed by atoms with Crippen LogP contribution < -0.4 is 17.0 Å². The first-order valence-corrected chi connectivity index (χ1v) is 10.3. The summed E-state index contributed by atoms with van der Waals surface area (Å²) in [5.74, 6) is -4.48. The molecule has 1 saturated carbocycles. The van der Waals surface area contributed by atoms with E-state index in [9.17, 15) is 18.7 Å². The monoisotopic (exact) mass is 475 g/mol. The van der Waals surface area contributed by atoms with Crippen LogP contribution in [0.1, 0.15) is 50.2 Å². The average molecular weight is 476 g/mol. The van der Waals surface area contributed by atoms with Crippen molar-refractivity contribution >= 4 is 5.97 Å². The number of esters is 1. The lowest BCUT2D eigenvalue weighted by molar-refractivity contribution is -0.896. The molecule has 1 aliphatic heterocycles. The largest absolute Gasteiger partial charge is 1.00 e. The molecule has 29 heavy (non-hydrogen) atoms. The highest BCUT2D eigenvalue weighted by molar-refractivity contribution is 5.82. The molecule has 0 spiro atoms. The van der Waals surface area contributed by atoms with Gasteiger partial charge in [-0.15, -0.1) is 0 Å². The van der Waals surface area contributed by atoms with E-state index in [1.54, 1.807) is 12.1 Å². The lowest BCUT2D eigenvalue weighted by Gasteiger charge is -2.39. The van der Waals surface area contributed by atoms with Gasteiger partial charge < -0.3 is 31.3 Å². The highest BCUT2D eigenvalue weighted by Crippen LogP contribution is 2.48. The fraction of sp³-hybridized carbons (Fsp3) is 0.682. The van der Waals surface area contributed by atoms with Gasteiger partial charge in [-0.2, -0.15) is 0 Å². The Morgan fingerprint density at radius 3 is 2.28 bits per heavy atom. The first kappa shape index (κ1) is 24.2. The first-order valence-electron chi connectivity index (χ1n) is 10.3. The number of aryl methyl sites for hydroxylation is 1. The summed E-state index contributed by atoms with van der Waals surface area (Å²) in [5, 5.41) is 11.5. The molecule has 1 aliphatic carbocycles. The van der Waals surface area contributed by atoms with Crippen molar-refractivity contribution in [1.29, 1.82) is 0 Å². The summed E-state index contributed by atoms with van der Waals surface area (Å²) in [6, 6.07) is 7.03. The molecule has 2 fully saturated rings. The standard InChI is InChI=1S/C22H32F2NO3.BrH/c1-4-16-5-7-17(8-6-16)22(27,18-9-12-21(23,24)15-18)20(26)28-19-10-13-25(2,3)14-11-19;/h5-8,18-19,27H,4,9-15H2,1-3H3;1H/q+1;/p-1/t18-,22+;/m1./s1. The van der Waals surface area contributed by atoms with E-state index in [0.717, 1.165) is 29.6 Å². The van der Waals surface area contributed by atoms with Crippen LogP contribution in [0.2, 0.25) is 0 Å². The molecule has 1 aromatic rings. The van der Waals surface area contributed by atoms with Crippen LogP contribution in [0.25, 0.3) is 0 Å². The average Bonchev–Trinajstić information content (AvgIpc) is 3.03. The molecule has 0 aromatic heterocycles. The van der Waals surface area contributed by atoms with Gasteiger partial charge in [-0.1, -0.05) is 31.2 Å². The molecule has 164 valence electrons. The minimum atomic E-state index is -2.85. The maximum Gasteiger partial charge on any atom is 0.343 e. The summed E-state index contributed by atoms with van der Waals surface area (Å²) in [5.41, 5.74) is -0.624. The molecule has 1 saturated heterocycles. The summed E-state index contributed by atoms with van der Waals surface area (Å²) in [6.45, 7) is 3.77. The Balaban J connectivity index is 0.00000300. The number of aliphatic hydroxyl groups is 1. The quantitative estimate of drug-likeness (QED) is 0.502. The van der Waals surface area contributed by atoms with Gasteiger partial charge in [0.25, 0.3) is 0 Å². The number of piperidine rings is 1. The number of likely N-dealkylation sites (tertiary alicyclic amines) is 1. The number of ether oxygens (including phenoxy) is 1. The Kier molecular flexibility index (Phi) is 7.50. The molecule has 2 atom stereocenters. The Hall–Kier alpha value is -1.05. The van der Waals surface area contributed by atoms with Crippen LogP contribution in [0.3, 0.4) is 0 Å². The number of quaternary nitrogens is 1. The highest BCUT2D eigenvalue weighted by Gasteiger charge is 2.55. The van der Waals surface area contributed by atoms with Crippen LogP contribution in [-0.4, -0.2) is 54.8 Å². The number of nitrogens with zero attached hydrogens (tertiary/aromatic N) is 1. The first-order chi connectivity index (χ1) is 13.1. The van der Waals surface area contributed by atoms with Crippen molar-refractivity contribution < 1.29 is 44.9 Å². The smallest absolute Gasteiger partial charge is 0.343 e. The van der Waals surface area contributed by atoms with Crippen molar-refractivity contribution in [3.05, 3.63) is 35.4 Å². The summed E-state index contributed by atoms with van der Waals surface area (Å²) < 4.78 is 34.4. The van der Waals surface area contributed by atoms with Gasteiger partial charge in [0.05, 0.1) is 27.2 Å². The van der Waals surface area contributed by atoms with E-state index in [4.69, 9.17) is 4.74 Å². The molecule has 2 aliphatic rings. The van der Waals surface area contributed by atoms with Crippen molar-refractivity contribution in [3.8, 4) is 0 Å². The van der Waals surface area contributed by atoms with Gasteiger partial charge >= 0.3 is 5.97 Å². The fourth-order valence-corrected chi connectivity index (χ4v) is 4.42. The molecule has 0 bridgehead atoms. The maximum absolute atomic E-state index is 13.9. The third kappa shape index (κ3) is 5.36. The van der Waals surface area contributed by atoms with Gasteiger partial charge in [-0.25, -0.2) is 13.6 Å². The number of halogens is 3. The molecule has 4 nitrogen and oxygen atoms in total. The predicted molar refractivity (Wildman–Crippen MR) is 103 cm³/mol. The van der Waals surface area contributed by atoms with Gasteiger partial charge in [0.1, 0.15) is 6.10 Å². The van der Waals surface area contributed by atoms with E-state index in [1.165, 1.54) is 0 Å². The molecule has 0 radical (unpaired) electrons. The van der Waals surface area contributed by atoms with E-state index in [-0.39, 0.29) is 35.9 Å². The van der Waals surface area contributed by atoms with E-state index < -0.39 is 29.8 Å². The third-order valence-electron chi connectivity index (χ3n) is 6.49. The minimum Gasteiger partial charge on any atom is -1.00 e. The van der Waals surface area contributed by atoms with E-state index >= 15 is 0 Å². The molecule has 1 aromatic carbocycles. The summed E-state index contributed by atoms with van der Waals surface area (Å²) in [7, 11) is 4.26. The zero-order valence-corrected chi connectivity index (χ0v) is 19.1. The zero-order chi connectivity index (χ0) is 20.6. The Morgan fingerprint density at radius 1 is 1.21 bits per heavy atom. The van der Waals surface area contributed by atoms with Crippen molar-refractivity contribution in [2.75, 3.05) is 27.2 Å². The Labute approximate surface area is 182 Å². The van der Waals surface area contributed by atoms with Gasteiger partial charge in [-0.3, -0.25) is 0 Å². The summed E-state index contributed by atoms with van der Waals surface area (Å²) >= 11 is 0. The summed E-state index contributed by atoms with van der Waals surface area (Å²) in [6.07, 6.45) is 1.26. The van der Waals surface area contributed by atoms with Crippen molar-refractivity contribution in [3.63, 3.8) is 0 Å². The number of carbonyl (C=O) groups excluding carboxylic acids is 1. The number of rotatable bonds is 5. The van der Waals surface area contributed by atoms with E-state index in [0.29, 0.717) is 18.4 Å². The molecular formula is C22H32BrF2NO3. The number of hydrogen-bond donors (Lipinski definition) is 1. The van der Waals surface area contributed by atoms with Crippen molar-refractivity contribution in [1.82, 2.24) is 0 Å². The number of hydrogen-bond acceptors (Lipinski definition) is 3. The van der Waals surface area contributed by atoms with Crippen LogP contribution >= 0.6 is 0 Å². The van der Waals surface area contributed by atoms with Gasteiger partial charge in [-0.05, 0) is 24.0 Å². The molecule has 0 unspecified atom stereocenters. The molecule has 3 rings (SSSR count). The van der Waals surface area contributed by atoms with Crippen LogP contribution in [0.15, 0.2) is 24.3 Å². The number of benzene rings is 1. The van der Waals surface area contributed by atoms with Gasteiger partial charge in [0.15, 0.2) is 5.60 Å². The maximum atomic E-state index is 13.9. The van der Waals surface area contributed by atoms with Gasteiger partial charge in [0.2, 0.25) is 5.92 Å². The molecular weight excluding hydrogens is 444 g/mol. The van der Waals surface area contributed by atoms with E-state index in [1.807, 2.05) is 19.1 Å². The zero-order valence-electron chi connectivity index (χ0n) is 17.5. The molecule has 0 amide bonds. The third-order valence-corrected chi connectivity index (χ3v) is 6.49. The number of alkyl halides is 2. The lowest BCUT2D eigenvalue weighted by atomic mass is 9.79. The SMILES string of the molecule is CCc1ccc([C@@](O)(C(=O)OC2CC[N+](C)(C)CC2)[C@@H]2CCC(F)(F)C2)cc1.[Br-]. The van der Waals surface area contributed by atoms with Crippen LogP contribution in [0, 0.1) is 5.92 Å². The second-order valence-electron chi connectivity index (χ2n) is 9.10. The Morgan fingerprint density at radius 2 is 1.79 bits per heavy atom. The van der Waals surface area contributed by atoms with Crippen molar-refractivity contribution in [2.45, 2.75) is 63.1 Å². The normalized spacial score (nSPS) is 25.7. The van der Waals surface area contributed by atoms with Crippen LogP contribution in [0.5, 0.6) is 0 Å². The second kappa shape index (κ2) is 8.98. The summed E-state index contributed by atoms with van der Waals surface area (Å²) in [4.78, 5) is 13.1. The van der Waals surface area contributed by atoms with Gasteiger partial charge in [0, 0.05) is 31.6 Å². The molecule has 1 heterocycles. The number of carbonyl (C=O) groups is 1. The Bertz CT molecular complexity index is 701. The van der Waals surface area contributed by atoms with Crippen LogP contribution in [-0.2, 0) is 21.6 Å². The predicted octanol–water partition coefficient (Wildman–Crippen LogP) is 0.658. The molecule has 7 heteroatoms. The van der Waals surface area contributed by atoms with Crippen LogP contribution in [0.4, 0.5) is 8.78 Å². The lowest BCUT2D eigenvalue weighted by Crippen LogP contribution is -3.00. The highest BCUT2D eigenvalue weighted by atomic mass is 79.9. The second-order valence-corrected chi connectivity index (χ2v) is 9.10. The molecule has 1 N–H and O–H groups in total. The topological polar surface area (TPSA) is 46.5 Å². The van der Waals surface area contributed by atoms with Crippen molar-refractivity contribution in [2.24, 2.45) is 5.92 Å². The fourth-order valence-electron chi connectivity index (χ4n) is 4.42. The minimum absolute atomic E-state index is 0. The van der Waals surface area contributed by atoms with E-state index in [2.05, 4.69) is 14.1 Å².